The van der Waals surface area contributed by atoms with E-state index in [2.05, 4.69) is 9.62 Å². The molecule has 2 rings (SSSR count). The van der Waals surface area contributed by atoms with E-state index in [1.54, 1.807) is 0 Å². The molecule has 0 spiro atoms. The SMILES string of the molecule is CCCN(CCC)S(=O)(=O)NCC(c1cccc(Cl)c1)N1CCOCC1. The van der Waals surface area contributed by atoms with Crippen molar-refractivity contribution in [2.24, 2.45) is 0 Å². The maximum Gasteiger partial charge on any atom is 0.279 e. The normalized spacial score (nSPS) is 17.5. The molecule has 0 bridgehead atoms. The van der Waals surface area contributed by atoms with Crippen LogP contribution < -0.4 is 4.72 Å². The highest BCUT2D eigenvalue weighted by atomic mass is 35.5. The fraction of sp³-hybridized carbons (Fsp3) is 0.667. The van der Waals surface area contributed by atoms with Gasteiger partial charge in [-0.25, -0.2) is 4.72 Å². The lowest BCUT2D eigenvalue weighted by Crippen LogP contribution is -2.47. The number of hydrogen-bond acceptors (Lipinski definition) is 4. The Labute approximate surface area is 162 Å². The molecule has 1 saturated heterocycles. The third kappa shape index (κ3) is 6.18. The van der Waals surface area contributed by atoms with Crippen molar-refractivity contribution < 1.29 is 13.2 Å². The summed E-state index contributed by atoms with van der Waals surface area (Å²) in [6, 6.07) is 7.57. The van der Waals surface area contributed by atoms with Gasteiger partial charge in [-0.05, 0) is 30.5 Å². The number of benzene rings is 1. The van der Waals surface area contributed by atoms with Gasteiger partial charge in [-0.1, -0.05) is 37.6 Å². The second-order valence-electron chi connectivity index (χ2n) is 6.47. The molecule has 1 fully saturated rings. The number of nitrogens with zero attached hydrogens (tertiary/aromatic N) is 2. The zero-order valence-electron chi connectivity index (χ0n) is 15.7. The minimum absolute atomic E-state index is 0.0718. The highest BCUT2D eigenvalue weighted by molar-refractivity contribution is 7.87. The molecular formula is C18H30ClN3O3S. The van der Waals surface area contributed by atoms with Gasteiger partial charge in [0.15, 0.2) is 0 Å². The average molecular weight is 404 g/mol. The summed E-state index contributed by atoms with van der Waals surface area (Å²) < 4.78 is 35.3. The van der Waals surface area contributed by atoms with Crippen LogP contribution in [0.5, 0.6) is 0 Å². The van der Waals surface area contributed by atoms with Crippen LogP contribution in [0.4, 0.5) is 0 Å². The van der Waals surface area contributed by atoms with Crippen LogP contribution in [0.25, 0.3) is 0 Å². The fourth-order valence-corrected chi connectivity index (χ4v) is 4.78. The van der Waals surface area contributed by atoms with Gasteiger partial charge in [0.2, 0.25) is 0 Å². The second kappa shape index (κ2) is 10.6. The number of rotatable bonds is 10. The molecule has 0 radical (unpaired) electrons. The third-order valence-corrected chi connectivity index (χ3v) is 6.28. The minimum Gasteiger partial charge on any atom is -0.379 e. The standard InChI is InChI=1S/C18H30ClN3O3S/c1-3-8-22(9-4-2)26(23,24)20-15-18(21-10-12-25-13-11-21)16-6-5-7-17(19)14-16/h5-7,14,18,20H,3-4,8-13,15H2,1-2H3. The van der Waals surface area contributed by atoms with Crippen LogP contribution in [0.15, 0.2) is 24.3 Å². The van der Waals surface area contributed by atoms with Gasteiger partial charge in [-0.3, -0.25) is 4.90 Å². The first kappa shape index (κ1) is 21.6. The van der Waals surface area contributed by atoms with E-state index >= 15 is 0 Å². The van der Waals surface area contributed by atoms with Gasteiger partial charge in [0, 0.05) is 43.8 Å². The Balaban J connectivity index is 2.15. The highest BCUT2D eigenvalue weighted by Gasteiger charge is 2.26. The van der Waals surface area contributed by atoms with Gasteiger partial charge in [-0.2, -0.15) is 12.7 Å². The van der Waals surface area contributed by atoms with E-state index in [0.29, 0.717) is 37.9 Å². The van der Waals surface area contributed by atoms with Crippen LogP contribution in [-0.2, 0) is 14.9 Å². The summed E-state index contributed by atoms with van der Waals surface area (Å²) in [6.45, 7) is 8.20. The molecule has 0 amide bonds. The first-order valence-corrected chi connectivity index (χ1v) is 11.1. The van der Waals surface area contributed by atoms with E-state index in [1.807, 2.05) is 38.1 Å². The molecule has 1 N–H and O–H groups in total. The molecule has 1 aliphatic heterocycles. The number of hydrogen-bond donors (Lipinski definition) is 1. The minimum atomic E-state index is -3.51. The molecular weight excluding hydrogens is 374 g/mol. The molecule has 1 aromatic rings. The summed E-state index contributed by atoms with van der Waals surface area (Å²) in [4.78, 5) is 2.25. The topological polar surface area (TPSA) is 61.9 Å². The Hall–Kier alpha value is -0.700. The van der Waals surface area contributed by atoms with E-state index < -0.39 is 10.2 Å². The van der Waals surface area contributed by atoms with Crippen molar-refractivity contribution in [1.82, 2.24) is 13.9 Å². The molecule has 1 atom stereocenters. The van der Waals surface area contributed by atoms with Gasteiger partial charge < -0.3 is 4.74 Å². The lowest BCUT2D eigenvalue weighted by Gasteiger charge is -2.35. The number of nitrogens with one attached hydrogen (secondary N) is 1. The van der Waals surface area contributed by atoms with Crippen molar-refractivity contribution in [3.8, 4) is 0 Å². The molecule has 8 heteroatoms. The highest BCUT2D eigenvalue weighted by Crippen LogP contribution is 2.24. The van der Waals surface area contributed by atoms with Crippen molar-refractivity contribution in [2.45, 2.75) is 32.7 Å². The summed E-state index contributed by atoms with van der Waals surface area (Å²) in [5, 5.41) is 0.655. The number of halogens is 1. The molecule has 26 heavy (non-hydrogen) atoms. The molecule has 148 valence electrons. The largest absolute Gasteiger partial charge is 0.379 e. The third-order valence-electron chi connectivity index (χ3n) is 4.46. The zero-order chi connectivity index (χ0) is 19.0. The molecule has 1 heterocycles. The lowest BCUT2D eigenvalue weighted by atomic mass is 10.1. The number of ether oxygens (including phenoxy) is 1. The van der Waals surface area contributed by atoms with E-state index in [-0.39, 0.29) is 6.04 Å². The van der Waals surface area contributed by atoms with Crippen LogP contribution in [0.3, 0.4) is 0 Å². The van der Waals surface area contributed by atoms with E-state index in [4.69, 9.17) is 16.3 Å². The van der Waals surface area contributed by atoms with Crippen LogP contribution in [0.2, 0.25) is 5.02 Å². The summed E-state index contributed by atoms with van der Waals surface area (Å²) >= 11 is 6.16. The molecule has 0 aliphatic carbocycles. The molecule has 1 aliphatic rings. The summed E-state index contributed by atoms with van der Waals surface area (Å²) in [7, 11) is -3.51. The predicted octanol–water partition coefficient (Wildman–Crippen LogP) is 2.67. The van der Waals surface area contributed by atoms with E-state index in [0.717, 1.165) is 31.5 Å². The van der Waals surface area contributed by atoms with Crippen LogP contribution >= 0.6 is 11.6 Å². The Bertz CT molecular complexity index is 645. The zero-order valence-corrected chi connectivity index (χ0v) is 17.2. The Kier molecular flexibility index (Phi) is 8.79. The first-order valence-electron chi connectivity index (χ1n) is 9.30. The van der Waals surface area contributed by atoms with Crippen LogP contribution in [-0.4, -0.2) is 63.6 Å². The quantitative estimate of drug-likeness (QED) is 0.652. The maximum absolute atomic E-state index is 12.7. The van der Waals surface area contributed by atoms with Crippen molar-refractivity contribution in [2.75, 3.05) is 45.9 Å². The molecule has 0 saturated carbocycles. The maximum atomic E-state index is 12.7. The van der Waals surface area contributed by atoms with Gasteiger partial charge in [0.1, 0.15) is 0 Å². The Morgan fingerprint density at radius 1 is 1.23 bits per heavy atom. The van der Waals surface area contributed by atoms with Gasteiger partial charge in [-0.15, -0.1) is 0 Å². The monoisotopic (exact) mass is 403 g/mol. The average Bonchev–Trinajstić information content (AvgIpc) is 2.62. The van der Waals surface area contributed by atoms with Gasteiger partial charge in [0.05, 0.1) is 13.2 Å². The Morgan fingerprint density at radius 3 is 2.46 bits per heavy atom. The van der Waals surface area contributed by atoms with Crippen LogP contribution in [0, 0.1) is 0 Å². The predicted molar refractivity (Wildman–Crippen MR) is 106 cm³/mol. The van der Waals surface area contributed by atoms with Crippen molar-refractivity contribution >= 4 is 21.8 Å². The van der Waals surface area contributed by atoms with Crippen LogP contribution in [0.1, 0.15) is 38.3 Å². The van der Waals surface area contributed by atoms with Crippen molar-refractivity contribution in [1.29, 1.82) is 0 Å². The van der Waals surface area contributed by atoms with Crippen molar-refractivity contribution in [3.05, 3.63) is 34.9 Å². The number of morpholine rings is 1. The Morgan fingerprint density at radius 2 is 1.88 bits per heavy atom. The molecule has 1 aromatic carbocycles. The van der Waals surface area contributed by atoms with E-state index in [9.17, 15) is 8.42 Å². The smallest absolute Gasteiger partial charge is 0.279 e. The van der Waals surface area contributed by atoms with E-state index in [1.165, 1.54) is 4.31 Å². The van der Waals surface area contributed by atoms with Crippen molar-refractivity contribution in [3.63, 3.8) is 0 Å². The molecule has 6 nitrogen and oxygen atoms in total. The first-order chi connectivity index (χ1) is 12.5. The summed E-state index contributed by atoms with van der Waals surface area (Å²) in [5.74, 6) is 0. The lowest BCUT2D eigenvalue weighted by molar-refractivity contribution is 0.0171. The molecule has 0 aromatic heterocycles. The second-order valence-corrected chi connectivity index (χ2v) is 8.66. The van der Waals surface area contributed by atoms with Gasteiger partial charge >= 0.3 is 0 Å². The van der Waals surface area contributed by atoms with Gasteiger partial charge in [0.25, 0.3) is 10.2 Å². The fourth-order valence-electron chi connectivity index (χ4n) is 3.19. The summed E-state index contributed by atoms with van der Waals surface area (Å²) in [5.41, 5.74) is 1.01. The molecule has 1 unspecified atom stereocenters. The summed E-state index contributed by atoms with van der Waals surface area (Å²) in [6.07, 6.45) is 1.59.